The Morgan fingerprint density at radius 3 is 2.29 bits per heavy atom. The molecule has 0 aliphatic heterocycles. The summed E-state index contributed by atoms with van der Waals surface area (Å²) in [6.07, 6.45) is 0. The third kappa shape index (κ3) is 5.92. The number of quaternary nitrogens is 1. The van der Waals surface area contributed by atoms with Crippen LogP contribution in [0, 0.1) is 0 Å². The summed E-state index contributed by atoms with van der Waals surface area (Å²) in [6.45, 7) is 6.17. The van der Waals surface area contributed by atoms with E-state index in [1.54, 1.807) is 0 Å². The third-order valence-corrected chi connectivity index (χ3v) is 0.805. The van der Waals surface area contributed by atoms with Crippen LogP contribution in [0.15, 0.2) is 0 Å². The van der Waals surface area contributed by atoms with Gasteiger partial charge in [-0.2, -0.15) is 0 Å². The van der Waals surface area contributed by atoms with Gasteiger partial charge in [0.25, 0.3) is 0 Å². The van der Waals surface area contributed by atoms with Crippen molar-refractivity contribution in [2.45, 2.75) is 19.9 Å². The average molecular weight is 103 g/mol. The van der Waals surface area contributed by atoms with Gasteiger partial charge in [-0.05, 0) is 13.8 Å². The summed E-state index contributed by atoms with van der Waals surface area (Å²) in [5.74, 6) is 0. The van der Waals surface area contributed by atoms with Crippen molar-refractivity contribution in [2.75, 3.05) is 13.1 Å². The molecule has 0 aromatic rings. The van der Waals surface area contributed by atoms with E-state index in [-0.39, 0.29) is 0 Å². The summed E-state index contributed by atoms with van der Waals surface area (Å²) in [4.78, 5) is 0. The molecular formula is C5H15N2+. The van der Waals surface area contributed by atoms with Gasteiger partial charge in [0.1, 0.15) is 0 Å². The second-order valence-electron chi connectivity index (χ2n) is 2.06. The Morgan fingerprint density at radius 2 is 2.14 bits per heavy atom. The highest BCUT2D eigenvalue weighted by molar-refractivity contribution is 4.28. The largest absolute Gasteiger partial charge is 0.343 e. The van der Waals surface area contributed by atoms with Crippen LogP contribution in [0.2, 0.25) is 0 Å². The van der Waals surface area contributed by atoms with Gasteiger partial charge >= 0.3 is 0 Å². The fourth-order valence-corrected chi connectivity index (χ4v) is 0.430. The van der Waals surface area contributed by atoms with Crippen LogP contribution in [0.3, 0.4) is 0 Å². The Hall–Kier alpha value is -0.0800. The van der Waals surface area contributed by atoms with Crippen LogP contribution in [0.1, 0.15) is 13.8 Å². The summed E-state index contributed by atoms with van der Waals surface area (Å²) < 4.78 is 0. The molecule has 0 atom stereocenters. The molecule has 0 unspecified atom stereocenters. The Balaban J connectivity index is 2.68. The van der Waals surface area contributed by atoms with E-state index < -0.39 is 0 Å². The van der Waals surface area contributed by atoms with Gasteiger partial charge in [-0.15, -0.1) is 0 Å². The van der Waals surface area contributed by atoms with Crippen molar-refractivity contribution in [3.8, 4) is 0 Å². The first-order valence-corrected chi connectivity index (χ1v) is 2.80. The first-order chi connectivity index (χ1) is 3.27. The minimum Gasteiger partial charge on any atom is -0.343 e. The maximum atomic E-state index is 5.25. The molecule has 2 heteroatoms. The van der Waals surface area contributed by atoms with Crippen LogP contribution in [0.25, 0.3) is 0 Å². The SMILES string of the molecule is CC(C)[NH2+]CCN. The second kappa shape index (κ2) is 4.09. The van der Waals surface area contributed by atoms with E-state index in [1.165, 1.54) is 0 Å². The van der Waals surface area contributed by atoms with Gasteiger partial charge < -0.3 is 11.1 Å². The summed E-state index contributed by atoms with van der Waals surface area (Å²) in [5.41, 5.74) is 5.25. The highest BCUT2D eigenvalue weighted by atomic mass is 14.9. The van der Waals surface area contributed by atoms with Gasteiger partial charge in [0.15, 0.2) is 0 Å². The zero-order valence-electron chi connectivity index (χ0n) is 5.15. The van der Waals surface area contributed by atoms with Crippen LogP contribution in [0.5, 0.6) is 0 Å². The molecule has 7 heavy (non-hydrogen) atoms. The maximum absolute atomic E-state index is 5.25. The van der Waals surface area contributed by atoms with Gasteiger partial charge in [0.2, 0.25) is 0 Å². The van der Waals surface area contributed by atoms with Crippen molar-refractivity contribution in [2.24, 2.45) is 5.73 Å². The molecule has 0 aromatic carbocycles. The Labute approximate surface area is 45.1 Å². The van der Waals surface area contributed by atoms with Crippen molar-refractivity contribution in [3.63, 3.8) is 0 Å². The van der Waals surface area contributed by atoms with E-state index in [4.69, 9.17) is 5.73 Å². The average Bonchev–Trinajstić information content (AvgIpc) is 1.61. The molecule has 4 N–H and O–H groups in total. The molecule has 0 aliphatic carbocycles. The van der Waals surface area contributed by atoms with E-state index >= 15 is 0 Å². The fraction of sp³-hybridized carbons (Fsp3) is 1.00. The quantitative estimate of drug-likeness (QED) is 0.468. The van der Waals surface area contributed by atoms with E-state index in [9.17, 15) is 0 Å². The zero-order chi connectivity index (χ0) is 5.70. The molecule has 2 nitrogen and oxygen atoms in total. The molecule has 0 heterocycles. The van der Waals surface area contributed by atoms with E-state index in [2.05, 4.69) is 19.2 Å². The molecule has 0 spiro atoms. The lowest BCUT2D eigenvalue weighted by Crippen LogP contribution is -2.89. The van der Waals surface area contributed by atoms with E-state index in [0.717, 1.165) is 13.1 Å². The minimum absolute atomic E-state index is 0.698. The monoisotopic (exact) mass is 103 g/mol. The molecular weight excluding hydrogens is 88.1 g/mol. The number of rotatable bonds is 3. The van der Waals surface area contributed by atoms with Crippen molar-refractivity contribution in [1.82, 2.24) is 0 Å². The van der Waals surface area contributed by atoms with Gasteiger partial charge in [-0.1, -0.05) is 0 Å². The number of hydrogen-bond acceptors (Lipinski definition) is 1. The van der Waals surface area contributed by atoms with Crippen LogP contribution >= 0.6 is 0 Å². The van der Waals surface area contributed by atoms with Gasteiger partial charge in [0.05, 0.1) is 12.6 Å². The first-order valence-electron chi connectivity index (χ1n) is 2.80. The van der Waals surface area contributed by atoms with Crippen LogP contribution in [-0.2, 0) is 0 Å². The van der Waals surface area contributed by atoms with Gasteiger partial charge in [-0.3, -0.25) is 0 Å². The predicted octanol–water partition coefficient (Wildman–Crippen LogP) is -1.08. The van der Waals surface area contributed by atoms with Gasteiger partial charge in [-0.25, -0.2) is 0 Å². The van der Waals surface area contributed by atoms with Gasteiger partial charge in [0, 0.05) is 6.54 Å². The fourth-order valence-electron chi connectivity index (χ4n) is 0.430. The molecule has 0 aromatic heterocycles. The van der Waals surface area contributed by atoms with Crippen molar-refractivity contribution in [1.29, 1.82) is 0 Å². The highest BCUT2D eigenvalue weighted by Gasteiger charge is 1.89. The molecule has 0 saturated carbocycles. The number of hydrogen-bond donors (Lipinski definition) is 2. The van der Waals surface area contributed by atoms with Crippen LogP contribution < -0.4 is 11.1 Å². The topological polar surface area (TPSA) is 42.6 Å². The maximum Gasteiger partial charge on any atom is 0.0881 e. The Morgan fingerprint density at radius 1 is 1.57 bits per heavy atom. The molecule has 0 rings (SSSR count). The zero-order valence-corrected chi connectivity index (χ0v) is 5.15. The van der Waals surface area contributed by atoms with Crippen LogP contribution in [-0.4, -0.2) is 19.1 Å². The summed E-state index contributed by atoms with van der Waals surface area (Å²) in [7, 11) is 0. The normalized spacial score (nSPS) is 10.3. The van der Waals surface area contributed by atoms with E-state index in [1.807, 2.05) is 0 Å². The second-order valence-corrected chi connectivity index (χ2v) is 2.06. The lowest BCUT2D eigenvalue weighted by molar-refractivity contribution is -0.680. The summed E-state index contributed by atoms with van der Waals surface area (Å²) in [6, 6.07) is 0.698. The smallest absolute Gasteiger partial charge is 0.0881 e. The van der Waals surface area contributed by atoms with Crippen molar-refractivity contribution < 1.29 is 5.32 Å². The molecule has 0 aliphatic rings. The Bertz CT molecular complexity index is 35.1. The molecule has 0 bridgehead atoms. The van der Waals surface area contributed by atoms with E-state index in [0.29, 0.717) is 6.04 Å². The third-order valence-electron chi connectivity index (χ3n) is 0.805. The van der Waals surface area contributed by atoms with Crippen LogP contribution in [0.4, 0.5) is 0 Å². The minimum atomic E-state index is 0.698. The van der Waals surface area contributed by atoms with Crippen molar-refractivity contribution >= 4 is 0 Å². The number of nitrogens with two attached hydrogens (primary N) is 2. The Kier molecular flexibility index (Phi) is 4.04. The molecule has 0 fully saturated rings. The molecule has 0 amide bonds. The lowest BCUT2D eigenvalue weighted by Gasteiger charge is -2.00. The first kappa shape index (κ1) is 6.92. The van der Waals surface area contributed by atoms with Crippen molar-refractivity contribution in [3.05, 3.63) is 0 Å². The summed E-state index contributed by atoms with van der Waals surface area (Å²) in [5, 5.41) is 2.22. The molecule has 0 saturated heterocycles. The lowest BCUT2D eigenvalue weighted by atomic mass is 10.4. The molecule has 0 radical (unpaired) electrons. The molecule has 44 valence electrons. The highest BCUT2D eigenvalue weighted by Crippen LogP contribution is 1.58. The standard InChI is InChI=1S/C5H14N2/c1-5(2)7-4-3-6/h5,7H,3-4,6H2,1-2H3/p+1. The summed E-state index contributed by atoms with van der Waals surface area (Å²) >= 11 is 0. The predicted molar refractivity (Wildman–Crippen MR) is 31.0 cm³/mol.